The van der Waals surface area contributed by atoms with Gasteiger partial charge in [0.1, 0.15) is 0 Å². The Kier molecular flexibility index (Phi) is 5.44. The monoisotopic (exact) mass is 458 g/mol. The van der Waals surface area contributed by atoms with Gasteiger partial charge in [0.15, 0.2) is 0 Å². The van der Waals surface area contributed by atoms with Gasteiger partial charge in [0.05, 0.1) is 16.8 Å². The zero-order valence-electron chi connectivity index (χ0n) is 17.5. The average molecular weight is 459 g/mol. The van der Waals surface area contributed by atoms with Gasteiger partial charge in [0.25, 0.3) is 5.91 Å². The highest BCUT2D eigenvalue weighted by Gasteiger charge is 2.17. The first-order valence-corrected chi connectivity index (χ1v) is 10.7. The Bertz CT molecular complexity index is 1280. The van der Waals surface area contributed by atoms with Crippen LogP contribution in [0.5, 0.6) is 0 Å². The lowest BCUT2D eigenvalue weighted by molar-refractivity contribution is 0.102. The Balaban J connectivity index is 1.88. The molecule has 0 atom stereocenters. The molecular weight excluding hydrogens is 436 g/mol. The largest absolute Gasteiger partial charge is 0.322 e. The minimum absolute atomic E-state index is 0.130. The maximum atomic E-state index is 13.4. The van der Waals surface area contributed by atoms with E-state index in [9.17, 15) is 4.79 Å². The van der Waals surface area contributed by atoms with Crippen LogP contribution in [0.1, 0.15) is 32.6 Å². The molecule has 1 heterocycles. The first-order chi connectivity index (χ1) is 14.3. The van der Waals surface area contributed by atoms with E-state index in [-0.39, 0.29) is 5.91 Å². The molecule has 4 heteroatoms. The summed E-state index contributed by atoms with van der Waals surface area (Å²) in [6, 6.07) is 19.9. The molecule has 0 saturated heterocycles. The van der Waals surface area contributed by atoms with Crippen LogP contribution >= 0.6 is 15.9 Å². The average Bonchev–Trinajstić information content (AvgIpc) is 2.74. The highest BCUT2D eigenvalue weighted by atomic mass is 79.9. The fourth-order valence-corrected chi connectivity index (χ4v) is 4.17. The number of halogens is 1. The quantitative estimate of drug-likeness (QED) is 0.354. The van der Waals surface area contributed by atoms with Crippen molar-refractivity contribution in [1.29, 1.82) is 0 Å². The first kappa shape index (κ1) is 20.3. The number of nitrogens with one attached hydrogen (secondary N) is 1. The van der Waals surface area contributed by atoms with Gasteiger partial charge < -0.3 is 5.32 Å². The molecule has 3 nitrogen and oxygen atoms in total. The topological polar surface area (TPSA) is 42.0 Å². The number of nitrogens with zero attached hydrogens (tertiary/aromatic N) is 1. The highest BCUT2D eigenvalue weighted by Crippen LogP contribution is 2.30. The van der Waals surface area contributed by atoms with Crippen LogP contribution in [0.15, 0.2) is 65.1 Å². The number of hydrogen-bond acceptors (Lipinski definition) is 2. The van der Waals surface area contributed by atoms with Crippen LogP contribution < -0.4 is 5.32 Å². The van der Waals surface area contributed by atoms with Crippen molar-refractivity contribution >= 4 is 38.4 Å². The first-order valence-electron chi connectivity index (χ1n) is 9.89. The van der Waals surface area contributed by atoms with Crippen molar-refractivity contribution in [1.82, 2.24) is 4.98 Å². The van der Waals surface area contributed by atoms with Crippen LogP contribution in [0.4, 0.5) is 5.69 Å². The second-order valence-electron chi connectivity index (χ2n) is 7.70. The molecule has 4 rings (SSSR count). The van der Waals surface area contributed by atoms with Gasteiger partial charge in [-0.2, -0.15) is 0 Å². The summed E-state index contributed by atoms with van der Waals surface area (Å²) in [7, 11) is 0. The van der Waals surface area contributed by atoms with Crippen molar-refractivity contribution in [2.24, 2.45) is 0 Å². The van der Waals surface area contributed by atoms with E-state index in [1.807, 2.05) is 82.3 Å². The van der Waals surface area contributed by atoms with Gasteiger partial charge in [-0.15, -0.1) is 0 Å². The standard InChI is InChI=1S/C26H23BrN2O/c1-15-12-16(2)25-20(13-15)21(14-24(28-25)19-8-6-5-7-9-19)26(30)29-23-11-10-22(27)17(3)18(23)4/h5-14H,1-4H3,(H,29,30). The van der Waals surface area contributed by atoms with Crippen LogP contribution in [0, 0.1) is 27.7 Å². The summed E-state index contributed by atoms with van der Waals surface area (Å²) in [6.45, 7) is 8.14. The number of carbonyl (C=O) groups excluding carboxylic acids is 1. The van der Waals surface area contributed by atoms with Gasteiger partial charge in [-0.05, 0) is 68.7 Å². The molecule has 1 amide bonds. The minimum atomic E-state index is -0.130. The van der Waals surface area contributed by atoms with Crippen molar-refractivity contribution in [2.45, 2.75) is 27.7 Å². The summed E-state index contributed by atoms with van der Waals surface area (Å²) in [5.74, 6) is -0.130. The fourth-order valence-electron chi connectivity index (χ4n) is 3.74. The lowest BCUT2D eigenvalue weighted by Crippen LogP contribution is -2.14. The zero-order chi connectivity index (χ0) is 21.4. The van der Waals surface area contributed by atoms with Crippen molar-refractivity contribution in [3.05, 3.63) is 93.0 Å². The number of aromatic nitrogens is 1. The Hall–Kier alpha value is -2.98. The molecule has 30 heavy (non-hydrogen) atoms. The second kappa shape index (κ2) is 8.04. The Morgan fingerprint density at radius 3 is 2.37 bits per heavy atom. The number of anilines is 1. The summed E-state index contributed by atoms with van der Waals surface area (Å²) in [5.41, 5.74) is 8.42. The van der Waals surface area contributed by atoms with Gasteiger partial charge in [-0.3, -0.25) is 4.79 Å². The molecule has 0 aliphatic carbocycles. The number of fused-ring (bicyclic) bond motifs is 1. The molecule has 1 aromatic heterocycles. The van der Waals surface area contributed by atoms with Crippen LogP contribution in [0.25, 0.3) is 22.2 Å². The maximum Gasteiger partial charge on any atom is 0.256 e. The molecule has 0 fully saturated rings. The summed E-state index contributed by atoms with van der Waals surface area (Å²) < 4.78 is 1.03. The van der Waals surface area contributed by atoms with Gasteiger partial charge >= 0.3 is 0 Å². The normalized spacial score (nSPS) is 11.0. The van der Waals surface area contributed by atoms with Gasteiger partial charge in [0, 0.05) is 21.1 Å². The third-order valence-corrected chi connectivity index (χ3v) is 6.39. The van der Waals surface area contributed by atoms with Gasteiger partial charge in [0.2, 0.25) is 0 Å². The Morgan fingerprint density at radius 2 is 1.63 bits per heavy atom. The van der Waals surface area contributed by atoms with E-state index in [1.165, 1.54) is 0 Å². The van der Waals surface area contributed by atoms with E-state index in [0.717, 1.165) is 54.6 Å². The van der Waals surface area contributed by atoms with Crippen LogP contribution in [0.3, 0.4) is 0 Å². The van der Waals surface area contributed by atoms with E-state index in [4.69, 9.17) is 4.98 Å². The number of hydrogen-bond donors (Lipinski definition) is 1. The minimum Gasteiger partial charge on any atom is -0.322 e. The number of amides is 1. The third-order valence-electron chi connectivity index (χ3n) is 5.53. The summed E-state index contributed by atoms with van der Waals surface area (Å²) in [4.78, 5) is 18.3. The van der Waals surface area contributed by atoms with Crippen molar-refractivity contribution < 1.29 is 4.79 Å². The molecule has 3 aromatic carbocycles. The molecule has 0 spiro atoms. The summed E-state index contributed by atoms with van der Waals surface area (Å²) >= 11 is 3.55. The highest BCUT2D eigenvalue weighted by molar-refractivity contribution is 9.10. The fraction of sp³-hybridized carbons (Fsp3) is 0.154. The van der Waals surface area contributed by atoms with E-state index >= 15 is 0 Å². The van der Waals surface area contributed by atoms with Crippen LogP contribution in [-0.2, 0) is 0 Å². The molecular formula is C26H23BrN2O. The molecule has 1 N–H and O–H groups in total. The number of benzene rings is 3. The second-order valence-corrected chi connectivity index (χ2v) is 8.55. The number of carbonyl (C=O) groups is 1. The van der Waals surface area contributed by atoms with Crippen molar-refractivity contribution in [3.63, 3.8) is 0 Å². The number of aryl methyl sites for hydroxylation is 2. The summed E-state index contributed by atoms with van der Waals surface area (Å²) in [6.07, 6.45) is 0. The van der Waals surface area contributed by atoms with Gasteiger partial charge in [-0.1, -0.05) is 57.9 Å². The molecule has 4 aromatic rings. The van der Waals surface area contributed by atoms with Crippen molar-refractivity contribution in [3.8, 4) is 11.3 Å². The molecule has 0 saturated carbocycles. The predicted molar refractivity (Wildman–Crippen MR) is 128 cm³/mol. The lowest BCUT2D eigenvalue weighted by Gasteiger charge is -2.15. The maximum absolute atomic E-state index is 13.4. The molecule has 0 unspecified atom stereocenters. The smallest absolute Gasteiger partial charge is 0.256 e. The molecule has 0 aliphatic rings. The van der Waals surface area contributed by atoms with Crippen molar-refractivity contribution in [2.75, 3.05) is 5.32 Å². The van der Waals surface area contributed by atoms with Gasteiger partial charge in [-0.25, -0.2) is 4.98 Å². The van der Waals surface area contributed by atoms with Crippen LogP contribution in [0.2, 0.25) is 0 Å². The number of pyridine rings is 1. The predicted octanol–water partition coefficient (Wildman–Crippen LogP) is 7.15. The van der Waals surface area contributed by atoms with E-state index < -0.39 is 0 Å². The number of rotatable bonds is 3. The van der Waals surface area contributed by atoms with E-state index in [2.05, 4.69) is 27.3 Å². The third kappa shape index (κ3) is 3.75. The molecule has 0 radical (unpaired) electrons. The molecule has 0 bridgehead atoms. The Labute approximate surface area is 185 Å². The molecule has 0 aliphatic heterocycles. The SMILES string of the molecule is Cc1cc(C)c2nc(-c3ccccc3)cc(C(=O)Nc3ccc(Br)c(C)c3C)c2c1. The van der Waals surface area contributed by atoms with Crippen LogP contribution in [-0.4, -0.2) is 10.9 Å². The van der Waals surface area contributed by atoms with E-state index in [0.29, 0.717) is 5.56 Å². The van der Waals surface area contributed by atoms with E-state index in [1.54, 1.807) is 0 Å². The molecule has 150 valence electrons. The summed E-state index contributed by atoms with van der Waals surface area (Å²) in [5, 5.41) is 3.99. The zero-order valence-corrected chi connectivity index (χ0v) is 19.1. The Morgan fingerprint density at radius 1 is 0.900 bits per heavy atom. The lowest BCUT2D eigenvalue weighted by atomic mass is 9.99.